The van der Waals surface area contributed by atoms with Crippen molar-refractivity contribution in [2.75, 3.05) is 0 Å². The smallest absolute Gasteiger partial charge is 0.270 e. The van der Waals surface area contributed by atoms with E-state index in [4.69, 9.17) is 4.42 Å². The lowest BCUT2D eigenvalue weighted by Gasteiger charge is -2.02. The molecule has 5 nitrogen and oxygen atoms in total. The van der Waals surface area contributed by atoms with Crippen molar-refractivity contribution in [1.82, 2.24) is 0 Å². The topological polar surface area (TPSA) is 76.5 Å². The first-order valence-corrected chi connectivity index (χ1v) is 6.48. The van der Waals surface area contributed by atoms with Crippen molar-refractivity contribution in [3.05, 3.63) is 50.7 Å². The average molecular weight is 326 g/mol. The summed E-state index contributed by atoms with van der Waals surface area (Å²) in [6.07, 6.45) is -0.0837. The van der Waals surface area contributed by atoms with E-state index in [-0.39, 0.29) is 5.69 Å². The second-order valence-corrected chi connectivity index (χ2v) is 5.09. The summed E-state index contributed by atoms with van der Waals surface area (Å²) in [6, 6.07) is 7.99. The van der Waals surface area contributed by atoms with Gasteiger partial charge in [0.15, 0.2) is 0 Å². The van der Waals surface area contributed by atoms with Gasteiger partial charge in [-0.25, -0.2) is 0 Å². The summed E-state index contributed by atoms with van der Waals surface area (Å²) in [4.78, 5) is 10.3. The fraction of sp³-hybridized carbons (Fsp3) is 0.231. The van der Waals surface area contributed by atoms with Gasteiger partial charge in [-0.05, 0) is 25.1 Å². The van der Waals surface area contributed by atoms with E-state index in [1.165, 1.54) is 12.1 Å². The van der Waals surface area contributed by atoms with Crippen molar-refractivity contribution in [3.8, 4) is 11.3 Å². The Labute approximate surface area is 118 Å². The van der Waals surface area contributed by atoms with Gasteiger partial charge in [0, 0.05) is 28.6 Å². The van der Waals surface area contributed by atoms with Gasteiger partial charge in [0.2, 0.25) is 0 Å². The minimum Gasteiger partial charge on any atom is -0.461 e. The molecule has 0 fully saturated rings. The molecule has 19 heavy (non-hydrogen) atoms. The molecule has 6 heteroatoms. The molecule has 0 spiro atoms. The highest BCUT2D eigenvalue weighted by molar-refractivity contribution is 9.10. The van der Waals surface area contributed by atoms with Crippen molar-refractivity contribution < 1.29 is 14.4 Å². The van der Waals surface area contributed by atoms with Crippen LogP contribution in [0.5, 0.6) is 0 Å². The maximum absolute atomic E-state index is 10.8. The lowest BCUT2D eigenvalue weighted by molar-refractivity contribution is -0.384. The molecule has 0 saturated carbocycles. The van der Waals surface area contributed by atoms with E-state index < -0.39 is 11.0 Å². The molecule has 0 bridgehead atoms. The first kappa shape index (κ1) is 13.8. The predicted molar refractivity (Wildman–Crippen MR) is 73.9 cm³/mol. The Morgan fingerprint density at radius 2 is 2.16 bits per heavy atom. The molecule has 0 radical (unpaired) electrons. The third-order valence-corrected chi connectivity index (χ3v) is 3.28. The lowest BCUT2D eigenvalue weighted by Crippen LogP contribution is -2.02. The molecule has 100 valence electrons. The van der Waals surface area contributed by atoms with E-state index in [9.17, 15) is 15.2 Å². The largest absolute Gasteiger partial charge is 0.461 e. The molecule has 2 aromatic rings. The molecule has 1 aromatic heterocycles. The number of hydrogen-bond donors (Lipinski definition) is 1. The number of nitro benzene ring substituents is 1. The van der Waals surface area contributed by atoms with Crippen molar-refractivity contribution >= 4 is 21.6 Å². The summed E-state index contributed by atoms with van der Waals surface area (Å²) in [5.74, 6) is 1.18. The second-order valence-electron chi connectivity index (χ2n) is 4.24. The van der Waals surface area contributed by atoms with Crippen molar-refractivity contribution in [2.45, 2.75) is 19.4 Å². The zero-order valence-electron chi connectivity index (χ0n) is 10.2. The zero-order valence-corrected chi connectivity index (χ0v) is 11.8. The quantitative estimate of drug-likeness (QED) is 0.689. The van der Waals surface area contributed by atoms with Crippen molar-refractivity contribution in [1.29, 1.82) is 0 Å². The molecule has 0 saturated heterocycles. The monoisotopic (exact) mass is 325 g/mol. The van der Waals surface area contributed by atoms with Crippen LogP contribution in [0.1, 0.15) is 12.7 Å². The van der Waals surface area contributed by atoms with Crippen molar-refractivity contribution in [3.63, 3.8) is 0 Å². The van der Waals surface area contributed by atoms with E-state index in [1.54, 1.807) is 25.1 Å². The number of nitrogens with zero attached hydrogens (tertiary/aromatic N) is 1. The highest BCUT2D eigenvalue weighted by atomic mass is 79.9. The number of aliphatic hydroxyl groups excluding tert-OH is 1. The van der Waals surface area contributed by atoms with Crippen LogP contribution < -0.4 is 0 Å². The molecule has 1 unspecified atom stereocenters. The summed E-state index contributed by atoms with van der Waals surface area (Å²) >= 11 is 3.34. The molecule has 0 aliphatic heterocycles. The summed E-state index contributed by atoms with van der Waals surface area (Å²) in [6.45, 7) is 1.67. The zero-order chi connectivity index (χ0) is 14.0. The number of benzene rings is 1. The number of rotatable bonds is 4. The van der Waals surface area contributed by atoms with E-state index in [2.05, 4.69) is 15.9 Å². The number of furan rings is 1. The van der Waals surface area contributed by atoms with Crippen LogP contribution in [-0.2, 0) is 6.42 Å². The maximum Gasteiger partial charge on any atom is 0.270 e. The molecule has 1 aromatic carbocycles. The second kappa shape index (κ2) is 5.54. The Balaban J connectivity index is 2.38. The first-order valence-electron chi connectivity index (χ1n) is 5.68. The molecule has 1 atom stereocenters. The van der Waals surface area contributed by atoms with Crippen LogP contribution in [0, 0.1) is 10.1 Å². The minimum atomic E-state index is -0.493. The lowest BCUT2D eigenvalue weighted by atomic mass is 10.1. The van der Waals surface area contributed by atoms with E-state index >= 15 is 0 Å². The fourth-order valence-electron chi connectivity index (χ4n) is 1.74. The molecule has 2 rings (SSSR count). The van der Waals surface area contributed by atoms with E-state index in [0.717, 1.165) is 4.47 Å². The number of non-ortho nitro benzene ring substituents is 1. The van der Waals surface area contributed by atoms with Crippen LogP contribution in [-0.4, -0.2) is 16.1 Å². The predicted octanol–water partition coefficient (Wildman–Crippen LogP) is 3.54. The Kier molecular flexibility index (Phi) is 4.01. The number of nitro groups is 1. The van der Waals surface area contributed by atoms with Gasteiger partial charge in [-0.15, -0.1) is 0 Å². The highest BCUT2D eigenvalue weighted by Crippen LogP contribution is 2.33. The van der Waals surface area contributed by atoms with Gasteiger partial charge in [-0.1, -0.05) is 15.9 Å². The maximum atomic E-state index is 10.8. The summed E-state index contributed by atoms with van der Waals surface area (Å²) in [5, 5.41) is 20.1. The normalized spacial score (nSPS) is 12.4. The van der Waals surface area contributed by atoms with Gasteiger partial charge >= 0.3 is 0 Å². The summed E-state index contributed by atoms with van der Waals surface area (Å²) < 4.78 is 6.30. The Morgan fingerprint density at radius 3 is 2.79 bits per heavy atom. The molecular formula is C13H12BrNO4. The van der Waals surface area contributed by atoms with Crippen molar-refractivity contribution in [2.24, 2.45) is 0 Å². The fourth-order valence-corrected chi connectivity index (χ4v) is 2.18. The van der Waals surface area contributed by atoms with Gasteiger partial charge in [-0.3, -0.25) is 10.1 Å². The van der Waals surface area contributed by atoms with Gasteiger partial charge in [0.25, 0.3) is 5.69 Å². The Bertz CT molecular complexity index is 606. The van der Waals surface area contributed by atoms with E-state index in [1.807, 2.05) is 0 Å². The minimum absolute atomic E-state index is 0.00618. The molecular weight excluding hydrogens is 314 g/mol. The third-order valence-electron chi connectivity index (χ3n) is 2.58. The van der Waals surface area contributed by atoms with Crippen LogP contribution in [0.15, 0.2) is 39.2 Å². The van der Waals surface area contributed by atoms with Crippen LogP contribution in [0.25, 0.3) is 11.3 Å². The van der Waals surface area contributed by atoms with Crippen LogP contribution in [0.2, 0.25) is 0 Å². The molecule has 0 aliphatic carbocycles. The van der Waals surface area contributed by atoms with Gasteiger partial charge in [-0.2, -0.15) is 0 Å². The van der Waals surface area contributed by atoms with Crippen LogP contribution >= 0.6 is 15.9 Å². The van der Waals surface area contributed by atoms with Gasteiger partial charge < -0.3 is 9.52 Å². The average Bonchev–Trinajstić information content (AvgIpc) is 2.76. The Hall–Kier alpha value is -1.66. The highest BCUT2D eigenvalue weighted by Gasteiger charge is 2.14. The SMILES string of the molecule is CC(O)Cc1ccc(-c2cc([N+](=O)[O-])ccc2Br)o1. The molecule has 1 heterocycles. The summed E-state index contributed by atoms with van der Waals surface area (Å²) in [7, 11) is 0. The van der Waals surface area contributed by atoms with Gasteiger partial charge in [0.1, 0.15) is 11.5 Å². The first-order chi connectivity index (χ1) is 8.97. The Morgan fingerprint density at radius 1 is 1.42 bits per heavy atom. The molecule has 0 amide bonds. The number of halogens is 1. The van der Waals surface area contributed by atoms with Crippen LogP contribution in [0.4, 0.5) is 5.69 Å². The standard InChI is InChI=1S/C13H12BrNO4/c1-8(16)6-10-3-5-13(19-10)11-7-9(15(17)18)2-4-12(11)14/h2-5,7-8,16H,6H2,1H3. The number of hydrogen-bond acceptors (Lipinski definition) is 4. The number of aliphatic hydroxyl groups is 1. The molecule has 0 aliphatic rings. The van der Waals surface area contributed by atoms with Crippen LogP contribution in [0.3, 0.4) is 0 Å². The van der Waals surface area contributed by atoms with Gasteiger partial charge in [0.05, 0.1) is 11.0 Å². The molecule has 1 N–H and O–H groups in total. The summed E-state index contributed by atoms with van der Waals surface area (Å²) in [5.41, 5.74) is 0.623. The third kappa shape index (κ3) is 3.21. The van der Waals surface area contributed by atoms with E-state index in [0.29, 0.717) is 23.5 Å².